The molecule has 0 aliphatic carbocycles. The molecule has 0 radical (unpaired) electrons. The van der Waals surface area contributed by atoms with Crippen LogP contribution in [-0.2, 0) is 51.1 Å². The number of azo groups is 4. The number of rotatable bonds is 25. The normalized spacial score (nSPS) is 12.3. The second kappa shape index (κ2) is 30.1. The molecular weight excluding hydrogens is 1330 g/mol. The Labute approximate surface area is 523 Å². The van der Waals surface area contributed by atoms with Gasteiger partial charge in [-0.3, -0.25) is 22.6 Å². The Bertz CT molecular complexity index is 4740. The van der Waals surface area contributed by atoms with Gasteiger partial charge >= 0.3 is 10.6 Å². The van der Waals surface area contributed by atoms with Crippen molar-refractivity contribution in [2.75, 3.05) is 42.5 Å². The molecule has 0 spiro atoms. The monoisotopic (exact) mass is 1380 g/mol. The highest BCUT2D eigenvalue weighted by Gasteiger charge is 2.26. The second-order valence-corrected chi connectivity index (χ2v) is 27.8. The third kappa shape index (κ3) is 19.8. The molecule has 0 aliphatic heterocycles. The number of pyridine rings is 1. The molecule has 0 aliphatic rings. The number of aryl methyl sites for hydroxylation is 3. The molecule has 2 aromatic heterocycles. The fourth-order valence-corrected chi connectivity index (χ4v) is 12.5. The summed E-state index contributed by atoms with van der Waals surface area (Å²) in [4.78, 5) is 4.70. The molecule has 7 aromatic rings. The van der Waals surface area contributed by atoms with Gasteiger partial charge in [-0.15, -0.1) is 61.7 Å². The molecule has 30 nitrogen and oxygen atoms in total. The van der Waals surface area contributed by atoms with Gasteiger partial charge in [-0.1, -0.05) is 11.6 Å². The van der Waals surface area contributed by atoms with Crippen molar-refractivity contribution in [3.63, 3.8) is 0 Å². The van der Waals surface area contributed by atoms with Crippen molar-refractivity contribution in [3.05, 3.63) is 105 Å². The number of fused-ring (bicyclic) bond motifs is 3. The van der Waals surface area contributed by atoms with E-state index in [1.165, 1.54) is 54.7 Å². The highest BCUT2D eigenvalue weighted by atomic mass is 35.5. The van der Waals surface area contributed by atoms with E-state index in [1.807, 2.05) is 12.1 Å². The SMILES string of the molecule is COc1cc2c(cc1S(=O)(=O)O)nc1c(C#N)c(C)c(N=Nc3cc(C)c(N=Nc4cc(C)c(N=Nc5cc(C)c(N=Nc6ccc(Cl)cc6C#N)cc5SCCCS(=O)(=O)O)cc4SCCCS(=O)(=O)O)cc3OCCCS(=O)(=O)O)c(O)n12.O=S(=O)=O. The number of aromatic nitrogens is 2. The molecule has 0 amide bonds. The summed E-state index contributed by atoms with van der Waals surface area (Å²) < 4.78 is 170. The Kier molecular flexibility index (Phi) is 23.7. The van der Waals surface area contributed by atoms with Crippen molar-refractivity contribution >= 4 is 148 Å². The van der Waals surface area contributed by atoms with E-state index in [9.17, 15) is 67.5 Å². The molecule has 38 heteroatoms. The quantitative estimate of drug-likeness (QED) is 0.0154. The lowest BCUT2D eigenvalue weighted by Crippen LogP contribution is -2.08. The molecule has 0 atom stereocenters. The van der Waals surface area contributed by atoms with Crippen LogP contribution < -0.4 is 9.47 Å². The predicted octanol–water partition coefficient (Wildman–Crippen LogP) is 12.1. The molecule has 0 saturated carbocycles. The molecule has 89 heavy (non-hydrogen) atoms. The van der Waals surface area contributed by atoms with E-state index in [-0.39, 0.29) is 111 Å². The summed E-state index contributed by atoms with van der Waals surface area (Å²) in [6.07, 6.45) is -0.0625. The van der Waals surface area contributed by atoms with Gasteiger partial charge in [-0.25, -0.2) is 4.98 Å². The number of hydrogen-bond acceptors (Lipinski definition) is 27. The summed E-state index contributed by atoms with van der Waals surface area (Å²) in [6, 6.07) is 20.3. The molecule has 0 unspecified atom stereocenters. The van der Waals surface area contributed by atoms with Gasteiger partial charge in [0.15, 0.2) is 11.3 Å². The zero-order chi connectivity index (χ0) is 65.8. The largest absolute Gasteiger partial charge is 0.495 e. The molecule has 0 bridgehead atoms. The van der Waals surface area contributed by atoms with Crippen LogP contribution in [0.1, 0.15) is 52.6 Å². The summed E-state index contributed by atoms with van der Waals surface area (Å²) >= 11 is 8.45. The molecule has 470 valence electrons. The van der Waals surface area contributed by atoms with Crippen molar-refractivity contribution < 1.29 is 79.1 Å². The number of imidazole rings is 1. The summed E-state index contributed by atoms with van der Waals surface area (Å²) in [5.41, 5.74) is 3.31. The number of hydrogen-bond donors (Lipinski definition) is 5. The van der Waals surface area contributed by atoms with Crippen LogP contribution in [0, 0.1) is 50.4 Å². The molecule has 7 rings (SSSR count). The first kappa shape index (κ1) is 70.2. The summed E-state index contributed by atoms with van der Waals surface area (Å²) in [6.45, 7) is 6.30. The number of nitriles is 2. The summed E-state index contributed by atoms with van der Waals surface area (Å²) in [5, 5.41) is 67.5. The van der Waals surface area contributed by atoms with Crippen molar-refractivity contribution in [2.45, 2.75) is 61.6 Å². The highest BCUT2D eigenvalue weighted by Crippen LogP contribution is 2.45. The third-order valence-electron chi connectivity index (χ3n) is 12.1. The fraction of sp³-hybridized carbons (Fsp3) is 0.275. The average molecular weight is 1380 g/mol. The van der Waals surface area contributed by atoms with Gasteiger partial charge in [0, 0.05) is 32.5 Å². The van der Waals surface area contributed by atoms with Gasteiger partial charge in [-0.2, -0.15) is 59.5 Å². The Hall–Kier alpha value is -7.92. The van der Waals surface area contributed by atoms with Crippen LogP contribution >= 0.6 is 35.1 Å². The van der Waals surface area contributed by atoms with Gasteiger partial charge in [0.2, 0.25) is 5.88 Å². The topological polar surface area (TPSA) is 471 Å². The van der Waals surface area contributed by atoms with E-state index in [2.05, 4.69) is 45.9 Å². The lowest BCUT2D eigenvalue weighted by molar-refractivity contribution is 0.317. The standard InChI is InChI=1S/C51H49ClN12O15S6.O3S/c1-28-17-40(60-63-49-31(4)34(27-54)50-55-39-24-48(85(75,76)77)45(78-5)25-43(39)64(50)51(49)65)44(79-11-6-14-82(66,67)68)21-36(28)57-61-41-19-30(3)38(23-47(41)81-13-8-16-84(72,73)74)59-62-42-18-29(2)37(22-46(42)80-12-7-15-83(69,70)71)58-56-35-10-9-33(52)20-32(35)26-53;1-4(2)3/h9-10,17-25,65H,6-8,11-16H2,1-5H3,(H,66,67,68)(H,69,70,71)(H,72,73,74)(H,75,76,77);. The lowest BCUT2D eigenvalue weighted by Gasteiger charge is -2.12. The number of methoxy groups -OCH3 is 1. The Morgan fingerprint density at radius 2 is 1.08 bits per heavy atom. The number of aromatic hydroxyl groups is 1. The van der Waals surface area contributed by atoms with Gasteiger partial charge in [-0.05, 0) is 130 Å². The maximum absolute atomic E-state index is 12.2. The smallest absolute Gasteiger partial charge is 0.425 e. The van der Waals surface area contributed by atoms with Crippen LogP contribution in [0.25, 0.3) is 16.7 Å². The first-order chi connectivity index (χ1) is 41.7. The fourth-order valence-electron chi connectivity index (χ4n) is 7.92. The minimum atomic E-state index is -4.80. The van der Waals surface area contributed by atoms with E-state index in [0.29, 0.717) is 48.6 Å². The predicted molar refractivity (Wildman–Crippen MR) is 326 cm³/mol. The van der Waals surface area contributed by atoms with E-state index in [4.69, 9.17) is 33.7 Å². The van der Waals surface area contributed by atoms with Crippen molar-refractivity contribution in [1.29, 1.82) is 10.5 Å². The second-order valence-electron chi connectivity index (χ2n) is 18.6. The van der Waals surface area contributed by atoms with Gasteiger partial charge in [0.1, 0.15) is 45.5 Å². The van der Waals surface area contributed by atoms with Gasteiger partial charge in [0.25, 0.3) is 40.5 Å². The summed E-state index contributed by atoms with van der Waals surface area (Å²) in [5.74, 6) is -2.19. The highest BCUT2D eigenvalue weighted by molar-refractivity contribution is 7.99. The Morgan fingerprint density at radius 3 is 1.56 bits per heavy atom. The van der Waals surface area contributed by atoms with Crippen LogP contribution in [0.5, 0.6) is 17.4 Å². The number of nitrogens with zero attached hydrogens (tertiary/aromatic N) is 12. The van der Waals surface area contributed by atoms with E-state index in [1.54, 1.807) is 57.2 Å². The van der Waals surface area contributed by atoms with E-state index < -0.39 is 79.1 Å². The molecular formula is C51H49ClN12O18S7. The Balaban J connectivity index is 0.00000306. The number of benzene rings is 5. The Morgan fingerprint density at radius 1 is 0.607 bits per heavy atom. The maximum atomic E-state index is 12.2. The zero-order valence-electron chi connectivity index (χ0n) is 46.9. The van der Waals surface area contributed by atoms with Crippen molar-refractivity contribution in [2.24, 2.45) is 40.9 Å². The van der Waals surface area contributed by atoms with Gasteiger partial charge < -0.3 is 14.6 Å². The van der Waals surface area contributed by atoms with Gasteiger partial charge in [0.05, 0.1) is 76.0 Å². The van der Waals surface area contributed by atoms with E-state index in [0.717, 1.165) is 17.6 Å². The van der Waals surface area contributed by atoms with Crippen LogP contribution in [0.3, 0.4) is 0 Å². The van der Waals surface area contributed by atoms with Crippen LogP contribution in [0.15, 0.2) is 122 Å². The number of halogens is 1. The minimum absolute atomic E-state index is 0.0114. The molecule has 5 N–H and O–H groups in total. The number of thioether (sulfide) groups is 2. The van der Waals surface area contributed by atoms with Crippen molar-refractivity contribution in [3.8, 4) is 29.5 Å². The maximum Gasteiger partial charge on any atom is 0.425 e. The van der Waals surface area contributed by atoms with Crippen LogP contribution in [-0.4, -0.2) is 121 Å². The number of ether oxygens (including phenoxy) is 2. The minimum Gasteiger partial charge on any atom is -0.495 e. The van der Waals surface area contributed by atoms with Crippen molar-refractivity contribution in [1.82, 2.24) is 9.38 Å². The lowest BCUT2D eigenvalue weighted by atomic mass is 10.1. The molecule has 2 heterocycles. The zero-order valence-corrected chi connectivity index (χ0v) is 53.3. The molecule has 5 aromatic carbocycles. The van der Waals surface area contributed by atoms with E-state index >= 15 is 0 Å². The first-order valence-corrected chi connectivity index (χ1v) is 34.8. The molecule has 0 saturated heterocycles. The third-order valence-corrected chi connectivity index (χ3v) is 17.9. The molecule has 0 fully saturated rings. The average Bonchev–Trinajstić information content (AvgIpc) is 1.66. The van der Waals surface area contributed by atoms with Crippen LogP contribution in [0.4, 0.5) is 45.5 Å². The first-order valence-electron chi connectivity index (χ1n) is 25.1. The summed E-state index contributed by atoms with van der Waals surface area (Å²) in [7, 11) is -19.7. The van der Waals surface area contributed by atoms with Crippen LogP contribution in [0.2, 0.25) is 5.02 Å².